The molecule has 1 aliphatic rings. The van der Waals surface area contributed by atoms with Gasteiger partial charge in [-0.3, -0.25) is 4.98 Å². The molecular formula is C21H22N8O3. The average molecular weight is 434 g/mol. The molecule has 11 nitrogen and oxygen atoms in total. The van der Waals surface area contributed by atoms with Gasteiger partial charge in [0, 0.05) is 5.22 Å². The lowest BCUT2D eigenvalue weighted by Gasteiger charge is -2.15. The molecule has 1 aliphatic carbocycles. The average Bonchev–Trinajstić information content (AvgIpc) is 3.42. The molecule has 0 unspecified atom stereocenters. The zero-order valence-corrected chi connectivity index (χ0v) is 17.5. The highest BCUT2D eigenvalue weighted by Gasteiger charge is 2.21. The summed E-state index contributed by atoms with van der Waals surface area (Å²) in [6.07, 6.45) is 5.23. The Hall–Kier alpha value is -4.15. The summed E-state index contributed by atoms with van der Waals surface area (Å²) in [5, 5.41) is 18.2. The van der Waals surface area contributed by atoms with Crippen LogP contribution in [0.15, 0.2) is 40.2 Å². The molecular weight excluding hydrogens is 412 g/mol. The topological polar surface area (TPSA) is 146 Å². The van der Waals surface area contributed by atoms with E-state index >= 15 is 0 Å². The van der Waals surface area contributed by atoms with Gasteiger partial charge in [0.25, 0.3) is 5.62 Å². The van der Waals surface area contributed by atoms with Gasteiger partial charge in [-0.05, 0) is 43.5 Å². The molecule has 3 heterocycles. The number of nitrogens with zero attached hydrogens (tertiary/aromatic N) is 5. The van der Waals surface area contributed by atoms with Crippen LogP contribution in [0.2, 0.25) is 0 Å². The Morgan fingerprint density at radius 3 is 2.91 bits per heavy atom. The summed E-state index contributed by atoms with van der Waals surface area (Å²) in [4.78, 5) is 30.2. The van der Waals surface area contributed by atoms with Gasteiger partial charge in [-0.15, -0.1) is 0 Å². The van der Waals surface area contributed by atoms with Crippen molar-refractivity contribution in [3.63, 3.8) is 0 Å². The van der Waals surface area contributed by atoms with Gasteiger partial charge in [-0.25, -0.2) is 9.79 Å². The molecule has 0 radical (unpaired) electrons. The van der Waals surface area contributed by atoms with Crippen molar-refractivity contribution < 1.29 is 9.84 Å². The number of anilines is 1. The first-order valence-electron chi connectivity index (χ1n) is 10.2. The highest BCUT2D eigenvalue weighted by atomic mass is 16.5. The van der Waals surface area contributed by atoms with Crippen LogP contribution in [-0.2, 0) is 0 Å². The van der Waals surface area contributed by atoms with Crippen LogP contribution in [0.3, 0.4) is 0 Å². The standard InChI is InChI=1S/C21H22N8O3/c1-11(12-4-3-5-15(8-12)32-2)23-19-26-17-13(9-16-18(30)27-21(31)25-16)10-22-29(17)20(28-19)24-14-6-7-14/h3-5,8-11,14,30H,6-7H2,1-2H3,(H,23,24,28)(H2,25,27,31)/t11-/m1/s1. The summed E-state index contributed by atoms with van der Waals surface area (Å²) >= 11 is 0. The monoisotopic (exact) mass is 434 g/mol. The Kier molecular flexibility index (Phi) is 4.85. The summed E-state index contributed by atoms with van der Waals surface area (Å²) in [6, 6.07) is 7.91. The van der Waals surface area contributed by atoms with E-state index in [-0.39, 0.29) is 23.7 Å². The molecule has 11 heteroatoms. The highest BCUT2D eigenvalue weighted by Crippen LogP contribution is 2.23. The number of ether oxygens (including phenoxy) is 1. The van der Waals surface area contributed by atoms with Gasteiger partial charge in [0.05, 0.1) is 25.4 Å². The number of rotatable bonds is 6. The highest BCUT2D eigenvalue weighted by molar-refractivity contribution is 5.57. The number of fused-ring (bicyclic) bond motifs is 1. The van der Waals surface area contributed by atoms with Crippen LogP contribution in [0.1, 0.15) is 37.1 Å². The molecule has 1 fully saturated rings. The number of H-pyrrole nitrogens is 2. The van der Waals surface area contributed by atoms with Gasteiger partial charge >= 0.3 is 5.69 Å². The second kappa shape index (κ2) is 7.84. The second-order valence-electron chi connectivity index (χ2n) is 7.67. The smallest absolute Gasteiger partial charge is 0.326 e. The van der Waals surface area contributed by atoms with Gasteiger partial charge < -0.3 is 20.1 Å². The summed E-state index contributed by atoms with van der Waals surface area (Å²) in [6.45, 7) is 2.01. The Morgan fingerprint density at radius 2 is 2.19 bits per heavy atom. The van der Waals surface area contributed by atoms with Crippen molar-refractivity contribution in [1.29, 1.82) is 0 Å². The van der Waals surface area contributed by atoms with Crippen LogP contribution in [0.4, 0.5) is 5.95 Å². The number of hydrogen-bond acceptors (Lipinski definition) is 8. The molecule has 0 aliphatic heterocycles. The summed E-state index contributed by atoms with van der Waals surface area (Å²) < 4.78 is 6.88. The molecule has 1 saturated carbocycles. The van der Waals surface area contributed by atoms with Crippen molar-refractivity contribution in [2.45, 2.75) is 31.8 Å². The van der Waals surface area contributed by atoms with Crippen molar-refractivity contribution in [2.24, 2.45) is 4.99 Å². The third kappa shape index (κ3) is 3.92. The van der Waals surface area contributed by atoms with Crippen LogP contribution in [0, 0.1) is 0 Å². The quantitative estimate of drug-likeness (QED) is 0.348. The fraction of sp³-hybridized carbons (Fsp3) is 0.286. The molecule has 1 aromatic carbocycles. The van der Waals surface area contributed by atoms with E-state index in [9.17, 15) is 9.90 Å². The van der Waals surface area contributed by atoms with E-state index in [1.807, 2.05) is 31.2 Å². The molecule has 1 atom stereocenters. The Bertz CT molecular complexity index is 1460. The SMILES string of the molecule is COc1cccc([C@@H](C)Nc2nc(=NC3CC3)n3ncc(=Cc4[nH]c(=O)[nH]c4O)c3n2)c1. The van der Waals surface area contributed by atoms with Crippen molar-refractivity contribution in [2.75, 3.05) is 12.4 Å². The molecule has 0 amide bonds. The second-order valence-corrected chi connectivity index (χ2v) is 7.67. The Labute approximate surface area is 181 Å². The van der Waals surface area contributed by atoms with Crippen LogP contribution in [-0.4, -0.2) is 47.8 Å². The number of nitrogens with one attached hydrogen (secondary N) is 3. The number of hydrogen-bond donors (Lipinski definition) is 4. The lowest BCUT2D eigenvalue weighted by molar-refractivity contribution is 0.414. The molecule has 0 saturated heterocycles. The van der Waals surface area contributed by atoms with Crippen LogP contribution >= 0.6 is 0 Å². The number of benzene rings is 1. The third-order valence-electron chi connectivity index (χ3n) is 5.20. The van der Waals surface area contributed by atoms with E-state index in [0.29, 0.717) is 22.4 Å². The summed E-state index contributed by atoms with van der Waals surface area (Å²) in [5.74, 6) is 0.912. The van der Waals surface area contributed by atoms with E-state index in [1.165, 1.54) is 0 Å². The first-order valence-corrected chi connectivity index (χ1v) is 10.2. The van der Waals surface area contributed by atoms with E-state index in [4.69, 9.17) is 4.74 Å². The van der Waals surface area contributed by atoms with E-state index in [2.05, 4.69) is 35.3 Å². The van der Waals surface area contributed by atoms with E-state index < -0.39 is 5.69 Å². The fourth-order valence-corrected chi connectivity index (χ4v) is 3.33. The molecule has 32 heavy (non-hydrogen) atoms. The predicted molar refractivity (Wildman–Crippen MR) is 116 cm³/mol. The zero-order valence-electron chi connectivity index (χ0n) is 17.5. The largest absolute Gasteiger partial charge is 0.497 e. The predicted octanol–water partition coefficient (Wildman–Crippen LogP) is 0.639. The van der Waals surface area contributed by atoms with Crippen molar-refractivity contribution in [3.8, 4) is 11.6 Å². The van der Waals surface area contributed by atoms with E-state index in [0.717, 1.165) is 24.2 Å². The number of aromatic nitrogens is 6. The summed E-state index contributed by atoms with van der Waals surface area (Å²) in [5.41, 5.74) is 1.70. The van der Waals surface area contributed by atoms with Gasteiger partial charge in [0.2, 0.25) is 11.8 Å². The molecule has 0 spiro atoms. The molecule has 0 bridgehead atoms. The van der Waals surface area contributed by atoms with Crippen LogP contribution in [0.5, 0.6) is 11.6 Å². The number of aromatic hydroxyl groups is 1. The van der Waals surface area contributed by atoms with Crippen LogP contribution < -0.4 is 26.6 Å². The molecule has 4 aromatic rings. The molecule has 164 valence electrons. The zero-order chi connectivity index (χ0) is 22.2. The third-order valence-corrected chi connectivity index (χ3v) is 5.20. The molecule has 5 rings (SSSR count). The number of aromatic amines is 2. The lowest BCUT2D eigenvalue weighted by atomic mass is 10.1. The first kappa shape index (κ1) is 19.8. The maximum atomic E-state index is 11.5. The lowest BCUT2D eigenvalue weighted by Crippen LogP contribution is -2.25. The first-order chi connectivity index (χ1) is 15.5. The van der Waals surface area contributed by atoms with Gasteiger partial charge in [0.1, 0.15) is 11.4 Å². The minimum absolute atomic E-state index is 0.0956. The minimum Gasteiger partial charge on any atom is -0.497 e. The normalized spacial score (nSPS) is 15.9. The van der Waals surface area contributed by atoms with Gasteiger partial charge in [-0.1, -0.05) is 12.1 Å². The van der Waals surface area contributed by atoms with Crippen molar-refractivity contribution >= 4 is 17.7 Å². The Morgan fingerprint density at radius 1 is 1.34 bits per heavy atom. The van der Waals surface area contributed by atoms with Crippen LogP contribution in [0.25, 0.3) is 11.7 Å². The van der Waals surface area contributed by atoms with Crippen molar-refractivity contribution in [3.05, 3.63) is 63.0 Å². The van der Waals surface area contributed by atoms with Gasteiger partial charge in [0.15, 0.2) is 5.65 Å². The Balaban J connectivity index is 1.60. The van der Waals surface area contributed by atoms with Crippen molar-refractivity contribution in [1.82, 2.24) is 29.5 Å². The van der Waals surface area contributed by atoms with E-state index in [1.54, 1.807) is 23.9 Å². The molecule has 3 aromatic heterocycles. The minimum atomic E-state index is -0.501. The summed E-state index contributed by atoms with van der Waals surface area (Å²) in [7, 11) is 1.63. The maximum absolute atomic E-state index is 11.5. The molecule has 4 N–H and O–H groups in total. The fourth-order valence-electron chi connectivity index (χ4n) is 3.33. The number of imidazole rings is 1. The number of methoxy groups -OCH3 is 1. The maximum Gasteiger partial charge on any atom is 0.326 e. The van der Waals surface area contributed by atoms with Gasteiger partial charge in [-0.2, -0.15) is 19.6 Å².